The molecule has 0 atom stereocenters. The van der Waals surface area contributed by atoms with Gasteiger partial charge in [-0.15, -0.1) is 0 Å². The average Bonchev–Trinajstić information content (AvgIpc) is 2.69. The highest BCUT2D eigenvalue weighted by Crippen LogP contribution is 2.18. The summed E-state index contributed by atoms with van der Waals surface area (Å²) in [5.41, 5.74) is 2.84. The van der Waals surface area contributed by atoms with Gasteiger partial charge in [0.15, 0.2) is 0 Å². The van der Waals surface area contributed by atoms with Crippen LogP contribution in [-0.2, 0) is 4.79 Å². The topological polar surface area (TPSA) is 38.8 Å². The fourth-order valence-electron chi connectivity index (χ4n) is 2.88. The van der Waals surface area contributed by atoms with Crippen LogP contribution in [0.3, 0.4) is 0 Å². The Labute approximate surface area is 156 Å². The number of nitrogens with one attached hydrogen (secondary N) is 1. The van der Waals surface area contributed by atoms with Crippen molar-refractivity contribution in [1.82, 2.24) is 9.80 Å². The molecule has 2 radical (unpaired) electrons. The maximum atomic E-state index is 12.5. The molecule has 0 saturated carbocycles. The Hall–Kier alpha value is -2.37. The van der Waals surface area contributed by atoms with Gasteiger partial charge in [0.25, 0.3) is 0 Å². The molecule has 136 valence electrons. The normalized spacial score (nSPS) is 15.6. The van der Waals surface area contributed by atoms with Gasteiger partial charge in [0.1, 0.15) is 6.54 Å². The van der Waals surface area contributed by atoms with E-state index in [4.69, 9.17) is 0 Å². The predicted octanol–water partition coefficient (Wildman–Crippen LogP) is 2.40. The third-order valence-electron chi connectivity index (χ3n) is 4.71. The number of piperazine rings is 1. The van der Waals surface area contributed by atoms with Gasteiger partial charge in [0, 0.05) is 44.6 Å². The molecule has 5 nitrogen and oxygen atoms in total. The number of amides is 1. The molecule has 1 N–H and O–H groups in total. The van der Waals surface area contributed by atoms with Gasteiger partial charge in [-0.25, -0.2) is 0 Å². The Morgan fingerprint density at radius 3 is 2.35 bits per heavy atom. The summed E-state index contributed by atoms with van der Waals surface area (Å²) < 4.78 is 0. The highest BCUT2D eigenvalue weighted by molar-refractivity contribution is 5.94. The number of anilines is 2. The molecule has 0 aromatic heterocycles. The maximum Gasteiger partial charge on any atom is 0.240 e. The molecular formula is C21H26N4O. The van der Waals surface area contributed by atoms with Gasteiger partial charge in [-0.3, -0.25) is 9.69 Å². The van der Waals surface area contributed by atoms with Crippen molar-refractivity contribution in [2.24, 2.45) is 0 Å². The molecule has 2 aromatic carbocycles. The van der Waals surface area contributed by atoms with Crippen LogP contribution in [0, 0.1) is 6.54 Å². The zero-order valence-electron chi connectivity index (χ0n) is 15.5. The maximum absolute atomic E-state index is 12.5. The molecule has 1 heterocycles. The molecule has 0 aliphatic carbocycles. The molecule has 3 rings (SSSR count). The summed E-state index contributed by atoms with van der Waals surface area (Å²) in [6, 6.07) is 17.8. The van der Waals surface area contributed by atoms with Crippen LogP contribution in [0.5, 0.6) is 0 Å². The van der Waals surface area contributed by atoms with E-state index in [9.17, 15) is 4.79 Å². The standard InChI is InChI=1S/C21H26N4O/c1-23-12-14-25(15-13-23)17-21(26)24(2)20-10-8-19(9-11-20)22-16-18-6-4-3-5-7-18/h3-11,22H,12-15,17H2,1-2H3. The van der Waals surface area contributed by atoms with Gasteiger partial charge in [0.2, 0.25) is 5.91 Å². The Kier molecular flexibility index (Phi) is 6.26. The zero-order chi connectivity index (χ0) is 18.4. The lowest BCUT2D eigenvalue weighted by molar-refractivity contribution is -0.119. The number of likely N-dealkylation sites (N-methyl/N-ethyl adjacent to an activating group) is 2. The van der Waals surface area contributed by atoms with Crippen LogP contribution in [0.4, 0.5) is 11.4 Å². The van der Waals surface area contributed by atoms with Gasteiger partial charge in [-0.1, -0.05) is 30.3 Å². The molecule has 1 aliphatic rings. The highest BCUT2D eigenvalue weighted by atomic mass is 16.2. The van der Waals surface area contributed by atoms with Gasteiger partial charge in [-0.2, -0.15) is 0 Å². The van der Waals surface area contributed by atoms with Gasteiger partial charge < -0.3 is 15.1 Å². The number of rotatable bonds is 6. The first-order valence-electron chi connectivity index (χ1n) is 8.96. The van der Waals surface area contributed by atoms with Crippen molar-refractivity contribution in [2.75, 3.05) is 57.0 Å². The smallest absolute Gasteiger partial charge is 0.240 e. The van der Waals surface area contributed by atoms with Gasteiger partial charge in [-0.05, 0) is 36.9 Å². The van der Waals surface area contributed by atoms with E-state index in [1.807, 2.05) is 61.6 Å². The van der Waals surface area contributed by atoms with Crippen molar-refractivity contribution < 1.29 is 4.79 Å². The van der Waals surface area contributed by atoms with E-state index < -0.39 is 0 Å². The summed E-state index contributed by atoms with van der Waals surface area (Å²) in [6.45, 7) is 7.56. The minimum absolute atomic E-state index is 0.123. The average molecular weight is 350 g/mol. The molecule has 1 aliphatic heterocycles. The second-order valence-electron chi connectivity index (χ2n) is 6.70. The quantitative estimate of drug-likeness (QED) is 0.812. The summed E-state index contributed by atoms with van der Waals surface area (Å²) >= 11 is 0. The molecule has 0 bridgehead atoms. The molecule has 1 amide bonds. The van der Waals surface area contributed by atoms with Crippen LogP contribution >= 0.6 is 0 Å². The van der Waals surface area contributed by atoms with Crippen molar-refractivity contribution >= 4 is 17.3 Å². The largest absolute Gasteiger partial charge is 0.371 e. The van der Waals surface area contributed by atoms with Gasteiger partial charge >= 0.3 is 0 Å². The van der Waals surface area contributed by atoms with Crippen molar-refractivity contribution in [2.45, 2.75) is 0 Å². The molecule has 26 heavy (non-hydrogen) atoms. The van der Waals surface area contributed by atoms with E-state index in [1.54, 1.807) is 4.90 Å². The molecule has 0 spiro atoms. The summed E-state index contributed by atoms with van der Waals surface area (Å²) in [5, 5.41) is 3.16. The lowest BCUT2D eigenvalue weighted by Gasteiger charge is -2.32. The number of hydrogen-bond donors (Lipinski definition) is 1. The minimum Gasteiger partial charge on any atom is -0.371 e. The fraction of sp³-hybridized carbons (Fsp3) is 0.333. The summed E-state index contributed by atoms with van der Waals surface area (Å²) in [5.74, 6) is 0.123. The first-order chi connectivity index (χ1) is 12.6. The zero-order valence-corrected chi connectivity index (χ0v) is 15.5. The summed E-state index contributed by atoms with van der Waals surface area (Å²) in [6.07, 6.45) is 0. The van der Waals surface area contributed by atoms with Crippen molar-refractivity contribution in [3.05, 3.63) is 66.7 Å². The Morgan fingerprint density at radius 2 is 1.69 bits per heavy atom. The van der Waals surface area contributed by atoms with E-state index in [1.165, 1.54) is 0 Å². The lowest BCUT2D eigenvalue weighted by Crippen LogP contribution is -2.48. The second kappa shape index (κ2) is 8.83. The highest BCUT2D eigenvalue weighted by Gasteiger charge is 2.19. The number of hydrogen-bond acceptors (Lipinski definition) is 4. The van der Waals surface area contributed by atoms with Crippen LogP contribution in [0.15, 0.2) is 54.6 Å². The fourth-order valence-corrected chi connectivity index (χ4v) is 2.88. The van der Waals surface area contributed by atoms with Gasteiger partial charge in [0.05, 0.1) is 6.54 Å². The van der Waals surface area contributed by atoms with Crippen molar-refractivity contribution in [3.63, 3.8) is 0 Å². The summed E-state index contributed by atoms with van der Waals surface area (Å²) in [4.78, 5) is 18.8. The molecule has 2 aromatic rings. The van der Waals surface area contributed by atoms with E-state index >= 15 is 0 Å². The SMILES string of the molecule is CN1CCN(CC(=O)N(C)c2ccc(N[C]c3ccccc3)cc2)CC1. The third-order valence-corrected chi connectivity index (χ3v) is 4.71. The number of benzene rings is 2. The molecule has 0 unspecified atom stereocenters. The van der Waals surface area contributed by atoms with Crippen LogP contribution in [-0.4, -0.2) is 62.5 Å². The van der Waals surface area contributed by atoms with Crippen LogP contribution in [0.1, 0.15) is 5.56 Å². The van der Waals surface area contributed by atoms with Crippen LogP contribution in [0.25, 0.3) is 0 Å². The molecule has 1 saturated heterocycles. The first-order valence-corrected chi connectivity index (χ1v) is 8.96. The number of carbonyl (C=O) groups is 1. The molecule has 1 fully saturated rings. The lowest BCUT2D eigenvalue weighted by atomic mass is 10.2. The third kappa shape index (κ3) is 5.07. The Morgan fingerprint density at radius 1 is 1.04 bits per heavy atom. The van der Waals surface area contributed by atoms with Crippen molar-refractivity contribution in [1.29, 1.82) is 0 Å². The van der Waals surface area contributed by atoms with E-state index in [0.29, 0.717) is 6.54 Å². The van der Waals surface area contributed by atoms with Crippen molar-refractivity contribution in [3.8, 4) is 0 Å². The van der Waals surface area contributed by atoms with Crippen LogP contribution in [0.2, 0.25) is 0 Å². The minimum atomic E-state index is 0.123. The Balaban J connectivity index is 1.51. The van der Waals surface area contributed by atoms with E-state index in [0.717, 1.165) is 43.1 Å². The Bertz CT molecular complexity index is 694. The van der Waals surface area contributed by atoms with E-state index in [2.05, 4.69) is 28.7 Å². The molecular weight excluding hydrogens is 324 g/mol. The van der Waals surface area contributed by atoms with Crippen LogP contribution < -0.4 is 10.2 Å². The predicted molar refractivity (Wildman–Crippen MR) is 106 cm³/mol. The first kappa shape index (κ1) is 18.4. The molecule has 5 heteroatoms. The number of nitrogens with zero attached hydrogens (tertiary/aromatic N) is 3. The second-order valence-corrected chi connectivity index (χ2v) is 6.70. The van der Waals surface area contributed by atoms with E-state index in [-0.39, 0.29) is 5.91 Å². The summed E-state index contributed by atoms with van der Waals surface area (Å²) in [7, 11) is 3.95. The monoisotopic (exact) mass is 350 g/mol. The number of carbonyl (C=O) groups excluding carboxylic acids is 1.